The second kappa shape index (κ2) is 8.10. The van der Waals surface area contributed by atoms with E-state index in [0.717, 1.165) is 15.4 Å². The average molecular weight is 413 g/mol. The second-order valence-corrected chi connectivity index (χ2v) is 6.65. The molecule has 132 valence electrons. The third-order valence-electron chi connectivity index (χ3n) is 4.05. The summed E-state index contributed by atoms with van der Waals surface area (Å²) in [5, 5.41) is 3.81. The number of esters is 1. The van der Waals surface area contributed by atoms with Crippen molar-refractivity contribution in [3.63, 3.8) is 0 Å². The lowest BCUT2D eigenvalue weighted by molar-refractivity contribution is -0.141. The van der Waals surface area contributed by atoms with E-state index in [1.807, 2.05) is 48.5 Å². The quantitative estimate of drug-likeness (QED) is 0.642. The SMILES string of the molecule is COC(=O)CC(NC(=O)c1cccc2cccnc12)c1ccc(Br)cc1. The number of carbonyl (C=O) groups excluding carboxylic acids is 2. The maximum atomic E-state index is 12.9. The lowest BCUT2D eigenvalue weighted by atomic mass is 10.0. The smallest absolute Gasteiger partial charge is 0.307 e. The first-order valence-corrected chi connectivity index (χ1v) is 8.84. The van der Waals surface area contributed by atoms with Crippen molar-refractivity contribution in [3.8, 4) is 0 Å². The summed E-state index contributed by atoms with van der Waals surface area (Å²) >= 11 is 3.39. The molecule has 0 saturated heterocycles. The molecule has 1 N–H and O–H groups in total. The molecule has 2 aromatic carbocycles. The van der Waals surface area contributed by atoms with Crippen LogP contribution in [-0.4, -0.2) is 24.0 Å². The zero-order valence-electron chi connectivity index (χ0n) is 14.1. The summed E-state index contributed by atoms with van der Waals surface area (Å²) in [4.78, 5) is 29.0. The van der Waals surface area contributed by atoms with Gasteiger partial charge in [0.05, 0.1) is 30.7 Å². The van der Waals surface area contributed by atoms with E-state index in [-0.39, 0.29) is 12.3 Å². The Balaban J connectivity index is 1.91. The van der Waals surface area contributed by atoms with Gasteiger partial charge in [0.15, 0.2) is 0 Å². The number of hydrogen-bond acceptors (Lipinski definition) is 4. The Morgan fingerprint density at radius 1 is 1.12 bits per heavy atom. The van der Waals surface area contributed by atoms with Crippen molar-refractivity contribution < 1.29 is 14.3 Å². The van der Waals surface area contributed by atoms with Gasteiger partial charge in [0, 0.05) is 16.1 Å². The van der Waals surface area contributed by atoms with Gasteiger partial charge in [-0.2, -0.15) is 0 Å². The van der Waals surface area contributed by atoms with Crippen LogP contribution in [0.1, 0.15) is 28.4 Å². The number of aromatic nitrogens is 1. The maximum absolute atomic E-state index is 12.9. The van der Waals surface area contributed by atoms with E-state index in [0.29, 0.717) is 11.1 Å². The Kier molecular flexibility index (Phi) is 5.63. The van der Waals surface area contributed by atoms with Crippen LogP contribution >= 0.6 is 15.9 Å². The largest absolute Gasteiger partial charge is 0.469 e. The van der Waals surface area contributed by atoms with Crippen LogP contribution in [0.15, 0.2) is 65.3 Å². The molecular formula is C20H17BrN2O3. The number of fused-ring (bicyclic) bond motifs is 1. The van der Waals surface area contributed by atoms with Gasteiger partial charge in [-0.1, -0.05) is 46.3 Å². The molecule has 0 aliphatic rings. The molecule has 1 amide bonds. The molecule has 3 rings (SSSR count). The van der Waals surface area contributed by atoms with Gasteiger partial charge in [0.2, 0.25) is 0 Å². The Hall–Kier alpha value is -2.73. The Bertz CT molecular complexity index is 936. The zero-order chi connectivity index (χ0) is 18.5. The molecular weight excluding hydrogens is 396 g/mol. The standard InChI is InChI=1S/C20H17BrN2O3/c1-26-18(24)12-17(13-7-9-15(21)10-8-13)23-20(25)16-6-2-4-14-5-3-11-22-19(14)16/h2-11,17H,12H2,1H3,(H,23,25). The van der Waals surface area contributed by atoms with E-state index in [2.05, 4.69) is 26.2 Å². The highest BCUT2D eigenvalue weighted by atomic mass is 79.9. The maximum Gasteiger partial charge on any atom is 0.307 e. The van der Waals surface area contributed by atoms with Crippen molar-refractivity contribution in [1.29, 1.82) is 0 Å². The van der Waals surface area contributed by atoms with Crippen LogP contribution < -0.4 is 5.32 Å². The monoisotopic (exact) mass is 412 g/mol. The molecule has 1 unspecified atom stereocenters. The number of nitrogens with one attached hydrogen (secondary N) is 1. The fourth-order valence-electron chi connectivity index (χ4n) is 2.72. The van der Waals surface area contributed by atoms with Crippen LogP contribution in [0.3, 0.4) is 0 Å². The van der Waals surface area contributed by atoms with E-state index < -0.39 is 12.0 Å². The Labute approximate surface area is 159 Å². The highest BCUT2D eigenvalue weighted by molar-refractivity contribution is 9.10. The average Bonchev–Trinajstić information content (AvgIpc) is 2.67. The van der Waals surface area contributed by atoms with Crippen LogP contribution in [0.4, 0.5) is 0 Å². The molecule has 0 aliphatic carbocycles. The molecule has 0 radical (unpaired) electrons. The molecule has 1 heterocycles. The zero-order valence-corrected chi connectivity index (χ0v) is 15.7. The van der Waals surface area contributed by atoms with Gasteiger partial charge in [0.1, 0.15) is 0 Å². The van der Waals surface area contributed by atoms with Crippen molar-refractivity contribution in [3.05, 3.63) is 76.4 Å². The molecule has 0 fully saturated rings. The summed E-state index contributed by atoms with van der Waals surface area (Å²) in [7, 11) is 1.33. The van der Waals surface area contributed by atoms with Crippen LogP contribution in [0.5, 0.6) is 0 Å². The number of nitrogens with zero attached hydrogens (tertiary/aromatic N) is 1. The highest BCUT2D eigenvalue weighted by Gasteiger charge is 2.21. The molecule has 1 aromatic heterocycles. The molecule has 6 heteroatoms. The van der Waals surface area contributed by atoms with Crippen molar-refractivity contribution >= 4 is 38.7 Å². The predicted molar refractivity (Wildman–Crippen MR) is 103 cm³/mol. The summed E-state index contributed by atoms with van der Waals surface area (Å²) in [5.41, 5.74) is 1.91. The number of carbonyl (C=O) groups is 2. The normalized spacial score (nSPS) is 11.8. The number of hydrogen-bond donors (Lipinski definition) is 1. The first-order valence-electron chi connectivity index (χ1n) is 8.05. The van der Waals surface area contributed by atoms with Crippen molar-refractivity contribution in [2.75, 3.05) is 7.11 Å². The third-order valence-corrected chi connectivity index (χ3v) is 4.58. The third kappa shape index (κ3) is 4.08. The number of ether oxygens (including phenoxy) is 1. The van der Waals surface area contributed by atoms with Gasteiger partial charge >= 0.3 is 5.97 Å². The number of halogens is 1. The van der Waals surface area contributed by atoms with Crippen molar-refractivity contribution in [1.82, 2.24) is 10.3 Å². The van der Waals surface area contributed by atoms with Gasteiger partial charge in [-0.3, -0.25) is 14.6 Å². The number of rotatable bonds is 5. The van der Waals surface area contributed by atoms with Crippen LogP contribution in [0, 0.1) is 0 Å². The number of amides is 1. The minimum atomic E-state index is -0.498. The van der Waals surface area contributed by atoms with E-state index in [4.69, 9.17) is 4.74 Å². The number of methoxy groups -OCH3 is 1. The van der Waals surface area contributed by atoms with Gasteiger partial charge in [-0.05, 0) is 29.8 Å². The fourth-order valence-corrected chi connectivity index (χ4v) is 2.99. The summed E-state index contributed by atoms with van der Waals surface area (Å²) < 4.78 is 5.69. The summed E-state index contributed by atoms with van der Waals surface area (Å²) in [6, 6.07) is 16.1. The van der Waals surface area contributed by atoms with Gasteiger partial charge in [-0.25, -0.2) is 0 Å². The van der Waals surface area contributed by atoms with Crippen LogP contribution in [-0.2, 0) is 9.53 Å². The lowest BCUT2D eigenvalue weighted by Gasteiger charge is -2.19. The molecule has 0 saturated carbocycles. The molecule has 0 aliphatic heterocycles. The highest BCUT2D eigenvalue weighted by Crippen LogP contribution is 2.22. The number of pyridine rings is 1. The summed E-state index contributed by atoms with van der Waals surface area (Å²) in [6.07, 6.45) is 1.70. The first-order chi connectivity index (χ1) is 12.6. The topological polar surface area (TPSA) is 68.3 Å². The minimum absolute atomic E-state index is 0.0437. The molecule has 3 aromatic rings. The van der Waals surface area contributed by atoms with E-state index in [1.165, 1.54) is 7.11 Å². The first kappa shape index (κ1) is 18.1. The molecule has 5 nitrogen and oxygen atoms in total. The van der Waals surface area contributed by atoms with Gasteiger partial charge in [-0.15, -0.1) is 0 Å². The Morgan fingerprint density at radius 2 is 1.85 bits per heavy atom. The van der Waals surface area contributed by atoms with E-state index in [9.17, 15) is 9.59 Å². The predicted octanol–water partition coefficient (Wildman–Crippen LogP) is 4.03. The van der Waals surface area contributed by atoms with Crippen molar-refractivity contribution in [2.24, 2.45) is 0 Å². The summed E-state index contributed by atoms with van der Waals surface area (Å²) in [5.74, 6) is -0.680. The van der Waals surface area contributed by atoms with Crippen LogP contribution in [0.2, 0.25) is 0 Å². The van der Waals surface area contributed by atoms with E-state index in [1.54, 1.807) is 12.3 Å². The van der Waals surface area contributed by atoms with Gasteiger partial charge < -0.3 is 10.1 Å². The molecule has 0 bridgehead atoms. The van der Waals surface area contributed by atoms with Crippen LogP contribution in [0.25, 0.3) is 10.9 Å². The van der Waals surface area contributed by atoms with E-state index >= 15 is 0 Å². The molecule has 1 atom stereocenters. The van der Waals surface area contributed by atoms with Gasteiger partial charge in [0.25, 0.3) is 5.91 Å². The van der Waals surface area contributed by atoms with Crippen molar-refractivity contribution in [2.45, 2.75) is 12.5 Å². The lowest BCUT2D eigenvalue weighted by Crippen LogP contribution is -2.30. The molecule has 0 spiro atoms. The number of para-hydroxylation sites is 1. The molecule has 26 heavy (non-hydrogen) atoms. The minimum Gasteiger partial charge on any atom is -0.469 e. The number of benzene rings is 2. The summed E-state index contributed by atoms with van der Waals surface area (Å²) in [6.45, 7) is 0. The second-order valence-electron chi connectivity index (χ2n) is 5.74. The Morgan fingerprint density at radius 3 is 2.58 bits per heavy atom. The fraction of sp³-hybridized carbons (Fsp3) is 0.150.